The summed E-state index contributed by atoms with van der Waals surface area (Å²) in [6, 6.07) is 31.5. The van der Waals surface area contributed by atoms with Gasteiger partial charge in [0, 0.05) is 11.5 Å². The second kappa shape index (κ2) is 9.95. The summed E-state index contributed by atoms with van der Waals surface area (Å²) in [5.74, 6) is -0.288. The summed E-state index contributed by atoms with van der Waals surface area (Å²) in [6.07, 6.45) is -4.72. The molecule has 208 valence electrons. The van der Waals surface area contributed by atoms with Crippen molar-refractivity contribution in [1.29, 1.82) is 0 Å². The third-order valence-electron chi connectivity index (χ3n) is 7.49. The zero-order valence-corrected chi connectivity index (χ0v) is 21.9. The number of halogens is 3. The number of carbonyl (C=O) groups is 1. The molecule has 42 heavy (non-hydrogen) atoms. The fourth-order valence-electron chi connectivity index (χ4n) is 5.56. The van der Waals surface area contributed by atoms with Crippen molar-refractivity contribution < 1.29 is 27.4 Å². The van der Waals surface area contributed by atoms with Crippen LogP contribution in [0.5, 0.6) is 5.75 Å². The molecule has 4 aromatic carbocycles. The van der Waals surface area contributed by atoms with Crippen molar-refractivity contribution in [2.45, 2.75) is 12.3 Å². The molecule has 0 aliphatic carbocycles. The number of H-pyrrole nitrogens is 1. The van der Waals surface area contributed by atoms with Gasteiger partial charge in [-0.3, -0.25) is 5.10 Å². The largest absolute Gasteiger partial charge is 0.573 e. The molecule has 3 heterocycles. The van der Waals surface area contributed by atoms with Gasteiger partial charge in [0.05, 0.1) is 17.0 Å². The van der Waals surface area contributed by atoms with Gasteiger partial charge in [0.1, 0.15) is 12.4 Å². The first-order chi connectivity index (χ1) is 20.3. The first kappa shape index (κ1) is 25.6. The summed E-state index contributed by atoms with van der Waals surface area (Å²) in [4.78, 5) is 12.9. The van der Waals surface area contributed by atoms with E-state index in [0.29, 0.717) is 11.4 Å². The molecule has 7 rings (SSSR count). The highest BCUT2D eigenvalue weighted by Gasteiger charge is 2.41. The van der Waals surface area contributed by atoms with Crippen LogP contribution >= 0.6 is 0 Å². The predicted molar refractivity (Wildman–Crippen MR) is 151 cm³/mol. The topological polar surface area (TPSA) is 76.2 Å². The number of benzene rings is 4. The Bertz CT molecular complexity index is 1810. The van der Waals surface area contributed by atoms with E-state index in [4.69, 9.17) is 4.74 Å². The van der Waals surface area contributed by atoms with E-state index in [1.54, 1.807) is 12.1 Å². The van der Waals surface area contributed by atoms with Crippen molar-refractivity contribution in [2.24, 2.45) is 0 Å². The number of rotatable bonds is 5. The van der Waals surface area contributed by atoms with E-state index in [2.05, 4.69) is 20.3 Å². The average Bonchev–Trinajstić information content (AvgIpc) is 3.60. The highest BCUT2D eigenvalue weighted by atomic mass is 19.4. The summed E-state index contributed by atoms with van der Waals surface area (Å²) in [7, 11) is 0. The SMILES string of the molecule is O=C1OCC2=C1C(c1ccc(-c3ccc(-c4ccc(OC(F)(F)F)cc4)cc3)cc1)c1c(n[nH]c1-c1ccccc1)N2. The Morgan fingerprint density at radius 2 is 1.33 bits per heavy atom. The lowest BCUT2D eigenvalue weighted by Crippen LogP contribution is -2.19. The van der Waals surface area contributed by atoms with Crippen LogP contribution < -0.4 is 10.1 Å². The fourth-order valence-corrected chi connectivity index (χ4v) is 5.56. The molecule has 1 atom stereocenters. The van der Waals surface area contributed by atoms with E-state index in [9.17, 15) is 18.0 Å². The van der Waals surface area contributed by atoms with E-state index in [-0.39, 0.29) is 24.2 Å². The molecule has 9 heteroatoms. The standard InChI is InChI=1S/C33H22F3N3O3/c34-33(35,36)42-25-16-14-22(15-17-25)20-8-6-19(7-9-20)21-10-12-23(13-11-21)27-28-26(18-41-32(28)40)37-31-29(27)30(38-39-31)24-4-2-1-3-5-24/h1-17,27H,18H2,(H2,37,38,39). The Balaban J connectivity index is 1.18. The van der Waals surface area contributed by atoms with Crippen molar-refractivity contribution in [3.05, 3.63) is 126 Å². The van der Waals surface area contributed by atoms with Crippen LogP contribution in [0.4, 0.5) is 19.0 Å². The van der Waals surface area contributed by atoms with Crippen LogP contribution in [0.25, 0.3) is 33.5 Å². The van der Waals surface area contributed by atoms with Crippen LogP contribution in [0, 0.1) is 0 Å². The second-order valence-corrected chi connectivity index (χ2v) is 10.0. The van der Waals surface area contributed by atoms with Gasteiger partial charge in [-0.1, -0.05) is 91.0 Å². The lowest BCUT2D eigenvalue weighted by molar-refractivity contribution is -0.274. The van der Waals surface area contributed by atoms with E-state index in [1.165, 1.54) is 12.1 Å². The number of fused-ring (bicyclic) bond motifs is 1. The third-order valence-corrected chi connectivity index (χ3v) is 7.49. The van der Waals surface area contributed by atoms with Gasteiger partial charge in [-0.25, -0.2) is 4.79 Å². The number of ether oxygens (including phenoxy) is 2. The normalized spacial score (nSPS) is 16.0. The maximum absolute atomic E-state index is 12.9. The molecule has 5 aromatic rings. The summed E-state index contributed by atoms with van der Waals surface area (Å²) in [5.41, 5.74) is 8.53. The number of nitrogens with zero attached hydrogens (tertiary/aromatic N) is 1. The smallest absolute Gasteiger partial charge is 0.456 e. The molecule has 0 spiro atoms. The molecule has 2 aliphatic rings. The summed E-state index contributed by atoms with van der Waals surface area (Å²) < 4.78 is 46.7. The van der Waals surface area contributed by atoms with E-state index < -0.39 is 6.36 Å². The van der Waals surface area contributed by atoms with E-state index in [0.717, 1.165) is 50.3 Å². The molecule has 0 fully saturated rings. The van der Waals surface area contributed by atoms with Crippen LogP contribution in [0.15, 0.2) is 114 Å². The molecule has 2 N–H and O–H groups in total. The quantitative estimate of drug-likeness (QED) is 0.214. The zero-order chi connectivity index (χ0) is 28.8. The van der Waals surface area contributed by atoms with Crippen LogP contribution in [0.2, 0.25) is 0 Å². The van der Waals surface area contributed by atoms with Crippen molar-refractivity contribution in [3.8, 4) is 39.3 Å². The Morgan fingerprint density at radius 1 is 0.762 bits per heavy atom. The molecule has 0 amide bonds. The predicted octanol–water partition coefficient (Wildman–Crippen LogP) is 7.68. The van der Waals surface area contributed by atoms with Crippen LogP contribution in [0.1, 0.15) is 17.0 Å². The van der Waals surface area contributed by atoms with Crippen LogP contribution in [-0.4, -0.2) is 29.1 Å². The number of cyclic esters (lactones) is 1. The molecule has 1 aromatic heterocycles. The molecular formula is C33H22F3N3O3. The highest BCUT2D eigenvalue weighted by Crippen LogP contribution is 2.47. The molecule has 0 radical (unpaired) electrons. The Labute approximate surface area is 238 Å². The first-order valence-corrected chi connectivity index (χ1v) is 13.2. The molecule has 0 saturated carbocycles. The van der Waals surface area contributed by atoms with Crippen LogP contribution in [0.3, 0.4) is 0 Å². The average molecular weight is 566 g/mol. The van der Waals surface area contributed by atoms with Gasteiger partial charge in [0.25, 0.3) is 0 Å². The molecule has 0 saturated heterocycles. The minimum Gasteiger partial charge on any atom is -0.456 e. The van der Waals surface area contributed by atoms with Gasteiger partial charge in [-0.2, -0.15) is 5.10 Å². The monoisotopic (exact) mass is 565 g/mol. The first-order valence-electron chi connectivity index (χ1n) is 13.2. The number of anilines is 1. The Hall–Kier alpha value is -5.31. The maximum atomic E-state index is 12.9. The Kier molecular flexibility index (Phi) is 6.08. The van der Waals surface area contributed by atoms with Crippen molar-refractivity contribution in [1.82, 2.24) is 10.2 Å². The van der Waals surface area contributed by atoms with Gasteiger partial charge < -0.3 is 14.8 Å². The van der Waals surface area contributed by atoms with Crippen molar-refractivity contribution in [2.75, 3.05) is 11.9 Å². The third kappa shape index (κ3) is 4.68. The fraction of sp³-hybridized carbons (Fsp3) is 0.0909. The number of aromatic nitrogens is 2. The van der Waals surface area contributed by atoms with Crippen LogP contribution in [-0.2, 0) is 9.53 Å². The number of hydrogen-bond donors (Lipinski definition) is 2. The number of esters is 1. The summed E-state index contributed by atoms with van der Waals surface area (Å²) in [6.45, 7) is 0.181. The summed E-state index contributed by atoms with van der Waals surface area (Å²) >= 11 is 0. The highest BCUT2D eigenvalue weighted by molar-refractivity contribution is 5.98. The van der Waals surface area contributed by atoms with Gasteiger partial charge in [0.15, 0.2) is 5.82 Å². The molecule has 1 unspecified atom stereocenters. The molecule has 2 aliphatic heterocycles. The minimum absolute atomic E-state index is 0.181. The maximum Gasteiger partial charge on any atom is 0.573 e. The van der Waals surface area contributed by atoms with Crippen molar-refractivity contribution in [3.63, 3.8) is 0 Å². The molecule has 6 nitrogen and oxygen atoms in total. The lowest BCUT2D eigenvalue weighted by Gasteiger charge is -2.25. The Morgan fingerprint density at radius 3 is 1.93 bits per heavy atom. The van der Waals surface area contributed by atoms with Gasteiger partial charge >= 0.3 is 12.3 Å². The van der Waals surface area contributed by atoms with Gasteiger partial charge in [-0.05, 0) is 45.5 Å². The summed E-state index contributed by atoms with van der Waals surface area (Å²) in [5, 5.41) is 11.0. The minimum atomic E-state index is -4.72. The molecular weight excluding hydrogens is 543 g/mol. The van der Waals surface area contributed by atoms with Gasteiger partial charge in [0.2, 0.25) is 0 Å². The number of alkyl halides is 3. The van der Waals surface area contributed by atoms with Gasteiger partial charge in [-0.15, -0.1) is 13.2 Å². The number of carbonyl (C=O) groups excluding carboxylic acids is 1. The number of hydrogen-bond acceptors (Lipinski definition) is 5. The van der Waals surface area contributed by atoms with Crippen molar-refractivity contribution >= 4 is 11.8 Å². The second-order valence-electron chi connectivity index (χ2n) is 10.0. The zero-order valence-electron chi connectivity index (χ0n) is 21.9. The van der Waals surface area contributed by atoms with E-state index in [1.807, 2.05) is 78.9 Å². The number of nitrogens with one attached hydrogen (secondary N) is 2. The lowest BCUT2D eigenvalue weighted by atomic mass is 9.80. The number of aromatic amines is 1. The van der Waals surface area contributed by atoms with E-state index >= 15 is 0 Å². The molecule has 0 bridgehead atoms.